The van der Waals surface area contributed by atoms with E-state index >= 15 is 0 Å². The molecule has 0 radical (unpaired) electrons. The quantitative estimate of drug-likeness (QED) is 0.116. The summed E-state index contributed by atoms with van der Waals surface area (Å²) in [5.74, 6) is 0. The summed E-state index contributed by atoms with van der Waals surface area (Å²) >= 11 is 0. The van der Waals surface area contributed by atoms with Crippen LogP contribution in [-0.2, 0) is 0 Å². The molecule has 0 saturated heterocycles. The molecule has 0 saturated carbocycles. The molecule has 16 aromatic carbocycles. The molecule has 0 aliphatic carbocycles. The predicted octanol–water partition coefficient (Wildman–Crippen LogP) is 5.24. The molecule has 0 N–H and O–H groups in total. The van der Waals surface area contributed by atoms with E-state index in [-0.39, 0.29) is 67.9 Å². The monoisotopic (exact) mass is 1670 g/mol. The molecule has 0 bridgehead atoms. The van der Waals surface area contributed by atoms with Crippen LogP contribution in [-0.4, -0.2) is 0 Å². The zero-order valence-electron chi connectivity index (χ0n) is 57.5. The summed E-state index contributed by atoms with van der Waals surface area (Å²) in [6.45, 7) is 0. The Bertz CT molecular complexity index is 3690. The number of benzene rings is 16. The Morgan fingerprint density at radius 2 is 0.125 bits per heavy atom. The smallest absolute Gasteiger partial charge is 0.144 e. The highest BCUT2D eigenvalue weighted by Gasteiger charge is 2.51. The van der Waals surface area contributed by atoms with Gasteiger partial charge in [0.05, 0.1) is 0 Å². The minimum Gasteiger partial charge on any atom is -1.00 e. The van der Waals surface area contributed by atoms with E-state index < -0.39 is 29.0 Å². The molecule has 0 amide bonds. The second-order valence-electron chi connectivity index (χ2n) is 24.1. The summed E-state index contributed by atoms with van der Waals surface area (Å²) in [4.78, 5) is 0. The Morgan fingerprint density at radius 1 is 0.0769 bits per heavy atom. The van der Waals surface area contributed by atoms with Gasteiger partial charge in [-0.3, -0.25) is 0 Å². The number of hydrogen-bond donors (Lipinski definition) is 0. The van der Waals surface area contributed by atoms with Gasteiger partial charge in [0.25, 0.3) is 0 Å². The average molecular weight is 1680 g/mol. The Kier molecular flexibility index (Phi) is 30.4. The first kappa shape index (κ1) is 79.3. The van der Waals surface area contributed by atoms with Gasteiger partial charge in [0.2, 0.25) is 0 Å². The van der Waals surface area contributed by atoms with Crippen LogP contribution in [0.25, 0.3) is 0 Å². The van der Waals surface area contributed by atoms with Crippen LogP contribution in [0.5, 0.6) is 0 Å². The third-order valence-corrected chi connectivity index (χ3v) is 35.5. The molecule has 0 unspecified atom stereocenters. The van der Waals surface area contributed by atoms with Gasteiger partial charge in [0.15, 0.2) is 0 Å². The molecule has 16 aromatic rings. The van der Waals surface area contributed by atoms with Gasteiger partial charge in [-0.25, -0.2) is 0 Å². The molecule has 8 heteroatoms. The van der Waals surface area contributed by atoms with Crippen molar-refractivity contribution in [3.63, 3.8) is 0 Å². The van der Waals surface area contributed by atoms with Crippen LogP contribution < -0.4 is 153 Å². The normalized spacial score (nSPS) is 10.8. The molecular weight excluding hydrogens is 1600 g/mol. The standard InChI is InChI=1S/4C24H20P.4BrH/c4*1-5-13-21(14-6-1)25(22-15-7-2-8-16-22,23-17-9-3-10-18-23)24-19-11-4-12-20-24;;;;/h4*1-20H;4*1H/q4*+1;;;;/p-4. The molecular formula is C96H80Br4P4. The maximum atomic E-state index is 2.28. The second kappa shape index (κ2) is 39.9. The molecule has 0 atom stereocenters. The fourth-order valence-electron chi connectivity index (χ4n) is 14.0. The zero-order chi connectivity index (χ0) is 67.8. The van der Waals surface area contributed by atoms with E-state index in [1.54, 1.807) is 0 Å². The van der Waals surface area contributed by atoms with Crippen molar-refractivity contribution in [2.45, 2.75) is 0 Å². The van der Waals surface area contributed by atoms with Crippen LogP contribution in [0.3, 0.4) is 0 Å². The van der Waals surface area contributed by atoms with Crippen molar-refractivity contribution < 1.29 is 67.9 Å². The summed E-state index contributed by atoms with van der Waals surface area (Å²) < 4.78 is 0. The van der Waals surface area contributed by atoms with E-state index in [1.165, 1.54) is 84.9 Å². The summed E-state index contributed by atoms with van der Waals surface area (Å²) in [7, 11) is -7.62. The van der Waals surface area contributed by atoms with Gasteiger partial charge < -0.3 is 67.9 Å². The van der Waals surface area contributed by atoms with Crippen molar-refractivity contribution in [2.75, 3.05) is 0 Å². The zero-order valence-corrected chi connectivity index (χ0v) is 67.4. The van der Waals surface area contributed by atoms with Gasteiger partial charge in [-0.2, -0.15) is 0 Å². The van der Waals surface area contributed by atoms with Crippen molar-refractivity contribution in [1.29, 1.82) is 0 Å². The number of rotatable bonds is 16. The SMILES string of the molecule is [Br-].[Br-].[Br-].[Br-].c1ccc([P+](c2ccccc2)(c2ccccc2)c2ccccc2)cc1.c1ccc([P+](c2ccccc2)(c2ccccc2)c2ccccc2)cc1.c1ccc([P+](c2ccccc2)(c2ccccc2)c2ccccc2)cc1.c1ccc([P+](c2ccccc2)(c2ccccc2)c2ccccc2)cc1. The van der Waals surface area contributed by atoms with Gasteiger partial charge in [-0.05, 0) is 194 Å². The molecule has 0 aromatic heterocycles. The highest BCUT2D eigenvalue weighted by Crippen LogP contribution is 2.57. The van der Waals surface area contributed by atoms with E-state index in [0.717, 1.165) is 0 Å². The first-order valence-electron chi connectivity index (χ1n) is 34.1. The molecule has 104 heavy (non-hydrogen) atoms. The summed E-state index contributed by atoms with van der Waals surface area (Å²) in [5, 5.41) is 22.2. The molecule has 0 fully saturated rings. The summed E-state index contributed by atoms with van der Waals surface area (Å²) in [5.41, 5.74) is 0. The van der Waals surface area contributed by atoms with Crippen molar-refractivity contribution in [1.82, 2.24) is 0 Å². The molecule has 0 spiro atoms. The fraction of sp³-hybridized carbons (Fsp3) is 0. The van der Waals surface area contributed by atoms with Crippen LogP contribution in [0.4, 0.5) is 0 Å². The molecule has 0 heterocycles. The van der Waals surface area contributed by atoms with Gasteiger partial charge >= 0.3 is 0 Å². The van der Waals surface area contributed by atoms with Gasteiger partial charge in [-0.15, -0.1) is 0 Å². The van der Waals surface area contributed by atoms with Crippen LogP contribution in [0.2, 0.25) is 0 Å². The second-order valence-corrected chi connectivity index (χ2v) is 37.7. The van der Waals surface area contributed by atoms with Crippen molar-refractivity contribution >= 4 is 114 Å². The third-order valence-electron chi connectivity index (χ3n) is 18.3. The highest BCUT2D eigenvalue weighted by atomic mass is 79.9. The highest BCUT2D eigenvalue weighted by molar-refractivity contribution is 8.03. The minimum atomic E-state index is -1.91. The molecule has 0 aliphatic rings. The fourth-order valence-corrected chi connectivity index (χ4v) is 31.1. The topological polar surface area (TPSA) is 0 Å². The van der Waals surface area contributed by atoms with Crippen LogP contribution in [0, 0.1) is 0 Å². The Labute approximate surface area is 661 Å². The third kappa shape index (κ3) is 17.1. The largest absolute Gasteiger partial charge is 1.00 e. The average Bonchev–Trinajstić information content (AvgIpc) is 0.763. The number of halogens is 4. The van der Waals surface area contributed by atoms with Crippen LogP contribution >= 0.6 is 29.0 Å². The molecule has 16 rings (SSSR count). The van der Waals surface area contributed by atoms with Gasteiger partial charge in [0.1, 0.15) is 114 Å². The summed E-state index contributed by atoms with van der Waals surface area (Å²) in [6.07, 6.45) is 0. The Morgan fingerprint density at radius 3 is 0.173 bits per heavy atom. The predicted molar refractivity (Wildman–Crippen MR) is 445 cm³/mol. The van der Waals surface area contributed by atoms with E-state index in [4.69, 9.17) is 0 Å². The molecule has 0 aliphatic heterocycles. The van der Waals surface area contributed by atoms with Crippen molar-refractivity contribution in [3.05, 3.63) is 485 Å². The van der Waals surface area contributed by atoms with Crippen LogP contribution in [0.1, 0.15) is 0 Å². The lowest BCUT2D eigenvalue weighted by Crippen LogP contribution is -3.00. The van der Waals surface area contributed by atoms with Crippen molar-refractivity contribution in [3.8, 4) is 0 Å². The van der Waals surface area contributed by atoms with E-state index in [1.807, 2.05) is 0 Å². The lowest BCUT2D eigenvalue weighted by atomic mass is 10.3. The van der Waals surface area contributed by atoms with Gasteiger partial charge in [0, 0.05) is 0 Å². The van der Waals surface area contributed by atoms with E-state index in [0.29, 0.717) is 0 Å². The lowest BCUT2D eigenvalue weighted by molar-refractivity contribution is -0.00100. The first-order chi connectivity index (χ1) is 49.7. The Hall–Kier alpha value is -8.84. The maximum Gasteiger partial charge on any atom is 0.144 e. The van der Waals surface area contributed by atoms with Gasteiger partial charge in [-0.1, -0.05) is 291 Å². The van der Waals surface area contributed by atoms with E-state index in [2.05, 4.69) is 485 Å². The summed E-state index contributed by atoms with van der Waals surface area (Å²) in [6, 6.07) is 175. The Balaban J connectivity index is 0.000000159. The minimum absolute atomic E-state index is 0. The first-order valence-corrected chi connectivity index (χ1v) is 41.3. The molecule has 512 valence electrons. The van der Waals surface area contributed by atoms with Crippen LogP contribution in [0.15, 0.2) is 485 Å². The lowest BCUT2D eigenvalue weighted by Gasteiger charge is -2.27. The van der Waals surface area contributed by atoms with Crippen molar-refractivity contribution in [2.24, 2.45) is 0 Å². The van der Waals surface area contributed by atoms with E-state index in [9.17, 15) is 0 Å². The number of hydrogen-bond acceptors (Lipinski definition) is 0. The molecule has 0 nitrogen and oxygen atoms in total. The maximum absolute atomic E-state index is 2.28.